The third kappa shape index (κ3) is 3.27. The van der Waals surface area contributed by atoms with Crippen LogP contribution in [0, 0.1) is 17.2 Å². The van der Waals surface area contributed by atoms with Crippen LogP contribution in [0.2, 0.25) is 0 Å². The van der Waals surface area contributed by atoms with E-state index in [4.69, 9.17) is 10.5 Å². The summed E-state index contributed by atoms with van der Waals surface area (Å²) < 4.78 is 6.02. The monoisotopic (exact) mass is 354 g/mol. The van der Waals surface area contributed by atoms with E-state index in [0.29, 0.717) is 11.5 Å². The number of ether oxygens (including phenoxy) is 1. The van der Waals surface area contributed by atoms with Crippen LogP contribution in [0.25, 0.3) is 6.08 Å². The van der Waals surface area contributed by atoms with Crippen LogP contribution >= 0.6 is 0 Å². The molecule has 0 amide bonds. The predicted molar refractivity (Wildman–Crippen MR) is 107 cm³/mol. The molecule has 134 valence electrons. The molecule has 3 heteroatoms. The number of hydrogen-bond acceptors (Lipinski definition) is 3. The van der Waals surface area contributed by atoms with Gasteiger partial charge in [-0.05, 0) is 47.1 Å². The standard InChI is InChI=1S/C24H22N2O/c1-16-12-19(14-17-8-4-2-5-9-17)23-20(13-16)22(18-10-6-3-7-11-18)21(15-25)24(26)27-23/h2-11,14,16,22H,12-13,26H2,1H3/b19-14+/t16-,22-/m1/s1. The summed E-state index contributed by atoms with van der Waals surface area (Å²) in [5.41, 5.74) is 11.2. The molecule has 0 saturated carbocycles. The third-order valence-electron chi connectivity index (χ3n) is 5.23. The van der Waals surface area contributed by atoms with E-state index < -0.39 is 0 Å². The average molecular weight is 354 g/mol. The molecule has 0 bridgehead atoms. The van der Waals surface area contributed by atoms with Gasteiger partial charge in [0.1, 0.15) is 17.4 Å². The largest absolute Gasteiger partial charge is 0.440 e. The lowest BCUT2D eigenvalue weighted by molar-refractivity contribution is 0.268. The first kappa shape index (κ1) is 17.2. The van der Waals surface area contributed by atoms with Crippen molar-refractivity contribution in [1.82, 2.24) is 0 Å². The van der Waals surface area contributed by atoms with Crippen molar-refractivity contribution in [3.63, 3.8) is 0 Å². The number of nitrogens with zero attached hydrogens (tertiary/aromatic N) is 1. The highest BCUT2D eigenvalue weighted by atomic mass is 16.5. The molecule has 1 aliphatic heterocycles. The minimum Gasteiger partial charge on any atom is -0.440 e. The van der Waals surface area contributed by atoms with Crippen molar-refractivity contribution in [2.75, 3.05) is 0 Å². The fraction of sp³-hybridized carbons (Fsp3) is 0.208. The molecule has 0 unspecified atom stereocenters. The Morgan fingerprint density at radius 1 is 1.04 bits per heavy atom. The molecular formula is C24H22N2O. The van der Waals surface area contributed by atoms with Crippen LogP contribution in [-0.4, -0.2) is 0 Å². The molecule has 2 atom stereocenters. The van der Waals surface area contributed by atoms with Gasteiger partial charge in [-0.3, -0.25) is 0 Å². The fourth-order valence-electron chi connectivity index (χ4n) is 4.08. The number of rotatable bonds is 2. The Morgan fingerprint density at radius 2 is 1.70 bits per heavy atom. The van der Waals surface area contributed by atoms with Gasteiger partial charge < -0.3 is 10.5 Å². The molecule has 3 nitrogen and oxygen atoms in total. The van der Waals surface area contributed by atoms with Crippen LogP contribution in [0.4, 0.5) is 0 Å². The zero-order valence-corrected chi connectivity index (χ0v) is 15.4. The molecule has 2 aliphatic rings. The van der Waals surface area contributed by atoms with Gasteiger partial charge in [0.05, 0.1) is 0 Å². The Hall–Kier alpha value is -3.25. The highest BCUT2D eigenvalue weighted by Crippen LogP contribution is 2.48. The van der Waals surface area contributed by atoms with Crippen LogP contribution < -0.4 is 5.73 Å². The van der Waals surface area contributed by atoms with Crippen LogP contribution in [-0.2, 0) is 4.74 Å². The third-order valence-corrected chi connectivity index (χ3v) is 5.23. The molecule has 2 aromatic rings. The Labute approximate surface area is 160 Å². The van der Waals surface area contributed by atoms with Gasteiger partial charge in [0.25, 0.3) is 0 Å². The molecular weight excluding hydrogens is 332 g/mol. The summed E-state index contributed by atoms with van der Waals surface area (Å²) in [7, 11) is 0. The van der Waals surface area contributed by atoms with Crippen molar-refractivity contribution in [1.29, 1.82) is 5.26 Å². The van der Waals surface area contributed by atoms with E-state index in [1.54, 1.807) is 0 Å². The number of nitrogens with two attached hydrogens (primary N) is 1. The minimum atomic E-state index is -0.137. The highest BCUT2D eigenvalue weighted by molar-refractivity contribution is 5.62. The quantitative estimate of drug-likeness (QED) is 0.800. The smallest absolute Gasteiger partial charge is 0.205 e. The summed E-state index contributed by atoms with van der Waals surface area (Å²) >= 11 is 0. The molecule has 2 N–H and O–H groups in total. The van der Waals surface area contributed by atoms with E-state index >= 15 is 0 Å². The predicted octanol–water partition coefficient (Wildman–Crippen LogP) is 5.26. The average Bonchev–Trinajstić information content (AvgIpc) is 2.69. The fourth-order valence-corrected chi connectivity index (χ4v) is 4.08. The summed E-state index contributed by atoms with van der Waals surface area (Å²) in [5, 5.41) is 9.75. The number of nitriles is 1. The maximum absolute atomic E-state index is 9.75. The second-order valence-corrected chi connectivity index (χ2v) is 7.28. The lowest BCUT2D eigenvalue weighted by atomic mass is 9.74. The Bertz CT molecular complexity index is 978. The first-order valence-electron chi connectivity index (χ1n) is 9.29. The van der Waals surface area contributed by atoms with E-state index in [0.717, 1.165) is 40.9 Å². The van der Waals surface area contributed by atoms with Gasteiger partial charge in [-0.25, -0.2) is 0 Å². The maximum atomic E-state index is 9.75. The number of allylic oxidation sites excluding steroid dienone is 3. The summed E-state index contributed by atoms with van der Waals surface area (Å²) in [6.07, 6.45) is 4.02. The minimum absolute atomic E-state index is 0.137. The second kappa shape index (κ2) is 7.17. The topological polar surface area (TPSA) is 59.0 Å². The van der Waals surface area contributed by atoms with E-state index in [9.17, 15) is 5.26 Å². The van der Waals surface area contributed by atoms with E-state index in [-0.39, 0.29) is 11.8 Å². The van der Waals surface area contributed by atoms with Gasteiger partial charge in [0, 0.05) is 5.92 Å². The number of benzene rings is 2. The van der Waals surface area contributed by atoms with Crippen LogP contribution in [0.5, 0.6) is 0 Å². The van der Waals surface area contributed by atoms with Crippen LogP contribution in [0.15, 0.2) is 89.0 Å². The SMILES string of the molecule is C[C@H]1CC2=C(OC(N)=C(C#N)[C@@H]2c2ccccc2)/C(=C/c2ccccc2)C1. The van der Waals surface area contributed by atoms with Crippen molar-refractivity contribution in [3.05, 3.63) is 100 Å². The highest BCUT2D eigenvalue weighted by Gasteiger charge is 2.37. The lowest BCUT2D eigenvalue weighted by Crippen LogP contribution is -2.25. The molecule has 0 spiro atoms. The van der Waals surface area contributed by atoms with Crippen molar-refractivity contribution < 1.29 is 4.74 Å². The summed E-state index contributed by atoms with van der Waals surface area (Å²) in [4.78, 5) is 0. The summed E-state index contributed by atoms with van der Waals surface area (Å²) in [6.45, 7) is 2.25. The Balaban J connectivity index is 1.87. The van der Waals surface area contributed by atoms with Crippen molar-refractivity contribution in [2.45, 2.75) is 25.7 Å². The normalized spacial score (nSPS) is 23.6. The summed E-state index contributed by atoms with van der Waals surface area (Å²) in [6, 6.07) is 22.7. The van der Waals surface area contributed by atoms with Gasteiger partial charge in [0.2, 0.25) is 5.88 Å². The lowest BCUT2D eigenvalue weighted by Gasteiger charge is -2.35. The molecule has 1 aliphatic carbocycles. The Kier molecular flexibility index (Phi) is 4.56. The van der Waals surface area contributed by atoms with Crippen molar-refractivity contribution in [2.24, 2.45) is 11.7 Å². The molecule has 27 heavy (non-hydrogen) atoms. The van der Waals surface area contributed by atoms with Crippen LogP contribution in [0.3, 0.4) is 0 Å². The molecule has 0 fully saturated rings. The number of hydrogen-bond donors (Lipinski definition) is 1. The first-order chi connectivity index (χ1) is 13.2. The van der Waals surface area contributed by atoms with E-state index in [2.05, 4.69) is 43.3 Å². The van der Waals surface area contributed by atoms with Gasteiger partial charge in [-0.1, -0.05) is 67.6 Å². The Morgan fingerprint density at radius 3 is 2.37 bits per heavy atom. The molecule has 0 saturated heterocycles. The zero-order valence-electron chi connectivity index (χ0n) is 15.4. The molecule has 4 rings (SSSR count). The molecule has 2 aromatic carbocycles. The van der Waals surface area contributed by atoms with Gasteiger partial charge >= 0.3 is 0 Å². The molecule has 0 aromatic heterocycles. The maximum Gasteiger partial charge on any atom is 0.205 e. The van der Waals surface area contributed by atoms with Crippen LogP contribution in [0.1, 0.15) is 36.8 Å². The first-order valence-corrected chi connectivity index (χ1v) is 9.29. The molecule has 1 heterocycles. The van der Waals surface area contributed by atoms with Crippen molar-refractivity contribution in [3.8, 4) is 6.07 Å². The summed E-state index contributed by atoms with van der Waals surface area (Å²) in [5.74, 6) is 1.41. The molecule has 0 radical (unpaired) electrons. The van der Waals surface area contributed by atoms with Gasteiger partial charge in [-0.15, -0.1) is 0 Å². The van der Waals surface area contributed by atoms with Gasteiger partial charge in [-0.2, -0.15) is 5.26 Å². The zero-order chi connectivity index (χ0) is 18.8. The van der Waals surface area contributed by atoms with E-state index in [1.165, 1.54) is 0 Å². The van der Waals surface area contributed by atoms with Crippen molar-refractivity contribution >= 4 is 6.08 Å². The van der Waals surface area contributed by atoms with E-state index in [1.807, 2.05) is 36.4 Å². The van der Waals surface area contributed by atoms with Gasteiger partial charge in [0.15, 0.2) is 0 Å². The second-order valence-electron chi connectivity index (χ2n) is 7.28.